The number of imidazole rings is 1. The fraction of sp³-hybridized carbons (Fsp3) is 0.250. The summed E-state index contributed by atoms with van der Waals surface area (Å²) in [5.74, 6) is 1.60. The summed E-state index contributed by atoms with van der Waals surface area (Å²) in [5.41, 5.74) is 3.04. The van der Waals surface area contributed by atoms with Crippen LogP contribution in [-0.2, 0) is 13.6 Å². The smallest absolute Gasteiger partial charge is 0.280 e. The molecule has 1 fully saturated rings. The number of halogens is 1. The summed E-state index contributed by atoms with van der Waals surface area (Å²) in [6, 6.07) is 7.81. The molecule has 0 unspecified atom stereocenters. The van der Waals surface area contributed by atoms with Crippen LogP contribution in [0.2, 0.25) is 5.02 Å². The molecule has 2 aliphatic rings. The third-order valence-corrected chi connectivity index (χ3v) is 5.92. The van der Waals surface area contributed by atoms with Gasteiger partial charge in [0.25, 0.3) is 5.56 Å². The van der Waals surface area contributed by atoms with E-state index in [1.54, 1.807) is 17.9 Å². The Labute approximate surface area is 175 Å². The minimum Gasteiger partial charge on any atom is -0.347 e. The van der Waals surface area contributed by atoms with Gasteiger partial charge >= 0.3 is 0 Å². The highest BCUT2D eigenvalue weighted by Gasteiger charge is 2.52. The lowest BCUT2D eigenvalue weighted by atomic mass is 10.2. The quantitative estimate of drug-likeness (QED) is 0.499. The van der Waals surface area contributed by atoms with Gasteiger partial charge in [-0.15, -0.1) is 0 Å². The first kappa shape index (κ1) is 17.4. The van der Waals surface area contributed by atoms with Gasteiger partial charge in [-0.25, -0.2) is 9.97 Å². The number of rotatable bonds is 4. The van der Waals surface area contributed by atoms with Crippen LogP contribution in [0.15, 0.2) is 58.0 Å². The van der Waals surface area contributed by atoms with Crippen molar-refractivity contribution in [1.29, 1.82) is 0 Å². The Bertz CT molecular complexity index is 1390. The molecule has 30 heavy (non-hydrogen) atoms. The summed E-state index contributed by atoms with van der Waals surface area (Å²) in [6.45, 7) is 1.04. The molecule has 9 nitrogen and oxygen atoms in total. The molecule has 1 saturated carbocycles. The number of fused-ring (bicyclic) bond motifs is 2. The zero-order valence-corrected chi connectivity index (χ0v) is 16.7. The van der Waals surface area contributed by atoms with E-state index in [-0.39, 0.29) is 18.0 Å². The number of hydrogen-bond acceptors (Lipinski definition) is 7. The van der Waals surface area contributed by atoms with Gasteiger partial charge in [0.05, 0.1) is 12.2 Å². The van der Waals surface area contributed by atoms with Crippen molar-refractivity contribution in [3.05, 3.63) is 75.8 Å². The molecule has 150 valence electrons. The van der Waals surface area contributed by atoms with Crippen molar-refractivity contribution in [2.24, 2.45) is 13.0 Å². The molecule has 4 aromatic rings. The van der Waals surface area contributed by atoms with Crippen molar-refractivity contribution in [2.75, 3.05) is 11.4 Å². The van der Waals surface area contributed by atoms with Gasteiger partial charge in [0.1, 0.15) is 12.9 Å². The number of hydrogen-bond donors (Lipinski definition) is 0. The maximum atomic E-state index is 12.7. The molecule has 1 aromatic carbocycles. The fourth-order valence-corrected chi connectivity index (χ4v) is 4.31. The molecule has 3 aromatic heterocycles. The van der Waals surface area contributed by atoms with Crippen LogP contribution in [0.4, 0.5) is 5.69 Å². The molecule has 0 radical (unpaired) electrons. The Hall–Kier alpha value is -3.46. The summed E-state index contributed by atoms with van der Waals surface area (Å²) < 4.78 is 8.52. The van der Waals surface area contributed by atoms with E-state index >= 15 is 0 Å². The van der Waals surface area contributed by atoms with Crippen molar-refractivity contribution in [3.63, 3.8) is 0 Å². The lowest BCUT2D eigenvalue weighted by Gasteiger charge is -2.18. The highest BCUT2D eigenvalue weighted by Crippen LogP contribution is 2.56. The second kappa shape index (κ2) is 6.27. The molecule has 0 bridgehead atoms. The second-order valence-electron chi connectivity index (χ2n) is 7.60. The average molecular weight is 422 g/mol. The molecule has 4 heterocycles. The topological polar surface area (TPSA) is 94.9 Å². The molecule has 0 saturated heterocycles. The van der Waals surface area contributed by atoms with Gasteiger partial charge in [-0.3, -0.25) is 9.36 Å². The van der Waals surface area contributed by atoms with E-state index in [1.807, 2.05) is 24.3 Å². The Kier molecular flexibility index (Phi) is 3.64. The van der Waals surface area contributed by atoms with Crippen LogP contribution >= 0.6 is 11.6 Å². The van der Waals surface area contributed by atoms with E-state index in [0.29, 0.717) is 28.8 Å². The minimum absolute atomic E-state index is 0.172. The van der Waals surface area contributed by atoms with Gasteiger partial charge < -0.3 is 14.0 Å². The summed E-state index contributed by atoms with van der Waals surface area (Å²) in [6.07, 6.45) is 5.17. The van der Waals surface area contributed by atoms with E-state index in [9.17, 15) is 4.79 Å². The SMILES string of the molecule is Cn1cnc2ncn(Cc3nc([C@@H]4C5=CN(c6cccc(Cl)c6)C[C@@H]54)no3)c(=O)c21. The predicted octanol–water partition coefficient (Wildman–Crippen LogP) is 2.33. The Balaban J connectivity index is 1.21. The summed E-state index contributed by atoms with van der Waals surface area (Å²) >= 11 is 6.10. The number of aromatic nitrogens is 6. The zero-order chi connectivity index (χ0) is 20.4. The molecule has 2 atom stereocenters. The summed E-state index contributed by atoms with van der Waals surface area (Å²) in [4.78, 5) is 27.7. The van der Waals surface area contributed by atoms with E-state index in [0.717, 1.165) is 17.3 Å². The first-order valence-corrected chi connectivity index (χ1v) is 9.89. The number of aryl methyl sites for hydroxylation is 1. The third-order valence-electron chi connectivity index (χ3n) is 5.69. The first-order valence-electron chi connectivity index (χ1n) is 9.51. The zero-order valence-electron chi connectivity index (χ0n) is 15.9. The third kappa shape index (κ3) is 2.66. The van der Waals surface area contributed by atoms with Crippen LogP contribution in [-0.4, -0.2) is 35.8 Å². The Morgan fingerprint density at radius 1 is 1.27 bits per heavy atom. The van der Waals surface area contributed by atoms with Gasteiger partial charge in [0.15, 0.2) is 17.0 Å². The normalized spacial score (nSPS) is 19.9. The van der Waals surface area contributed by atoms with Crippen LogP contribution < -0.4 is 10.5 Å². The molecular formula is C20H16ClN7O2. The molecule has 0 N–H and O–H groups in total. The molecule has 0 spiro atoms. The van der Waals surface area contributed by atoms with Crippen LogP contribution in [0.5, 0.6) is 0 Å². The average Bonchev–Trinajstić information content (AvgIpc) is 3.16. The minimum atomic E-state index is -0.192. The van der Waals surface area contributed by atoms with Crippen molar-refractivity contribution >= 4 is 28.5 Å². The monoisotopic (exact) mass is 421 g/mol. The van der Waals surface area contributed by atoms with Gasteiger partial charge in [-0.2, -0.15) is 4.98 Å². The van der Waals surface area contributed by atoms with Crippen molar-refractivity contribution in [3.8, 4) is 0 Å². The van der Waals surface area contributed by atoms with Crippen molar-refractivity contribution in [1.82, 2.24) is 29.2 Å². The second-order valence-corrected chi connectivity index (χ2v) is 8.03. The standard InChI is InChI=1S/C20H16ClN7O2/c1-26-9-22-19-17(26)20(29)28(10-23-19)8-15-24-18(25-30-15)16-13-6-27(7-14(13)16)12-4-2-3-11(21)5-12/h2-6,9-10,14,16H,7-8H2,1H3/t14-,16+/m0/s1. The molecule has 10 heteroatoms. The lowest BCUT2D eigenvalue weighted by Crippen LogP contribution is -2.22. The number of benzene rings is 1. The van der Waals surface area contributed by atoms with Crippen LogP contribution in [0, 0.1) is 5.92 Å². The van der Waals surface area contributed by atoms with Crippen LogP contribution in [0.3, 0.4) is 0 Å². The van der Waals surface area contributed by atoms with E-state index in [4.69, 9.17) is 16.1 Å². The van der Waals surface area contributed by atoms with Gasteiger partial charge in [0, 0.05) is 36.4 Å². The molecule has 1 aliphatic heterocycles. The lowest BCUT2D eigenvalue weighted by molar-refractivity contribution is 0.364. The number of anilines is 1. The maximum Gasteiger partial charge on any atom is 0.280 e. The summed E-state index contributed by atoms with van der Waals surface area (Å²) in [5, 5.41) is 4.87. The van der Waals surface area contributed by atoms with Gasteiger partial charge in [-0.1, -0.05) is 22.8 Å². The Morgan fingerprint density at radius 3 is 2.93 bits per heavy atom. The van der Waals surface area contributed by atoms with E-state index < -0.39 is 0 Å². The molecular weight excluding hydrogens is 406 g/mol. The Morgan fingerprint density at radius 2 is 2.13 bits per heavy atom. The predicted molar refractivity (Wildman–Crippen MR) is 109 cm³/mol. The highest BCUT2D eigenvalue weighted by atomic mass is 35.5. The highest BCUT2D eigenvalue weighted by molar-refractivity contribution is 6.30. The molecule has 6 rings (SSSR count). The van der Waals surface area contributed by atoms with E-state index in [1.165, 1.54) is 16.5 Å². The largest absolute Gasteiger partial charge is 0.347 e. The van der Waals surface area contributed by atoms with Gasteiger partial charge in [-0.05, 0) is 23.8 Å². The number of nitrogens with zero attached hydrogens (tertiary/aromatic N) is 7. The van der Waals surface area contributed by atoms with Crippen LogP contribution in [0.1, 0.15) is 17.6 Å². The maximum absolute atomic E-state index is 12.7. The fourth-order valence-electron chi connectivity index (χ4n) is 4.12. The van der Waals surface area contributed by atoms with E-state index in [2.05, 4.69) is 31.2 Å². The molecule has 0 amide bonds. The first-order chi connectivity index (χ1) is 14.6. The van der Waals surface area contributed by atoms with Crippen molar-refractivity contribution in [2.45, 2.75) is 12.5 Å². The van der Waals surface area contributed by atoms with Crippen LogP contribution in [0.25, 0.3) is 11.2 Å². The summed E-state index contributed by atoms with van der Waals surface area (Å²) in [7, 11) is 1.76. The van der Waals surface area contributed by atoms with Gasteiger partial charge in [0.2, 0.25) is 5.89 Å². The van der Waals surface area contributed by atoms with Crippen molar-refractivity contribution < 1.29 is 4.52 Å². The molecule has 1 aliphatic carbocycles.